The molecule has 0 unspecified atom stereocenters. The van der Waals surface area contributed by atoms with Gasteiger partial charge < -0.3 is 25.0 Å². The SMILES string of the molecule is CN=C(NCCc1cccc(C)c1)NC1CCN(c2cc(OC)cc(OC)c2)CC1.I. The van der Waals surface area contributed by atoms with Gasteiger partial charge in [0.25, 0.3) is 0 Å². The number of benzene rings is 2. The summed E-state index contributed by atoms with van der Waals surface area (Å²) in [4.78, 5) is 6.79. The minimum Gasteiger partial charge on any atom is -0.497 e. The van der Waals surface area contributed by atoms with E-state index in [4.69, 9.17) is 9.47 Å². The van der Waals surface area contributed by atoms with E-state index in [9.17, 15) is 0 Å². The van der Waals surface area contributed by atoms with Gasteiger partial charge in [-0.15, -0.1) is 24.0 Å². The number of hydrogen-bond donors (Lipinski definition) is 2. The number of piperidine rings is 1. The van der Waals surface area contributed by atoms with Crippen molar-refractivity contribution in [1.29, 1.82) is 0 Å². The van der Waals surface area contributed by atoms with Gasteiger partial charge in [-0.2, -0.15) is 0 Å². The van der Waals surface area contributed by atoms with Gasteiger partial charge in [0.15, 0.2) is 5.96 Å². The van der Waals surface area contributed by atoms with E-state index in [1.165, 1.54) is 11.1 Å². The van der Waals surface area contributed by atoms with Gasteiger partial charge in [-0.3, -0.25) is 4.99 Å². The Balaban J connectivity index is 0.00000341. The van der Waals surface area contributed by atoms with Crippen LogP contribution in [-0.4, -0.2) is 52.9 Å². The summed E-state index contributed by atoms with van der Waals surface area (Å²) in [6.07, 6.45) is 3.09. The number of aryl methyl sites for hydroxylation is 1. The number of ether oxygens (including phenoxy) is 2. The number of nitrogens with one attached hydrogen (secondary N) is 2. The van der Waals surface area contributed by atoms with Crippen molar-refractivity contribution < 1.29 is 9.47 Å². The zero-order valence-corrected chi connectivity index (χ0v) is 21.3. The topological polar surface area (TPSA) is 58.1 Å². The highest BCUT2D eigenvalue weighted by Crippen LogP contribution is 2.30. The van der Waals surface area contributed by atoms with E-state index < -0.39 is 0 Å². The monoisotopic (exact) mass is 538 g/mol. The fraction of sp³-hybridized carbons (Fsp3) is 0.458. The second-order valence-corrected chi connectivity index (χ2v) is 7.71. The van der Waals surface area contributed by atoms with Crippen molar-refractivity contribution in [2.75, 3.05) is 45.8 Å². The Morgan fingerprint density at radius 2 is 1.74 bits per heavy atom. The fourth-order valence-electron chi connectivity index (χ4n) is 3.84. The second kappa shape index (κ2) is 12.6. The minimum absolute atomic E-state index is 0. The Kier molecular flexibility index (Phi) is 10.2. The molecule has 31 heavy (non-hydrogen) atoms. The predicted molar refractivity (Wildman–Crippen MR) is 140 cm³/mol. The number of methoxy groups -OCH3 is 2. The van der Waals surface area contributed by atoms with Crippen molar-refractivity contribution >= 4 is 35.6 Å². The molecule has 170 valence electrons. The Labute approximate surface area is 203 Å². The highest BCUT2D eigenvalue weighted by atomic mass is 127. The van der Waals surface area contributed by atoms with Crippen molar-refractivity contribution in [1.82, 2.24) is 10.6 Å². The lowest BCUT2D eigenvalue weighted by atomic mass is 10.0. The molecule has 1 aliphatic heterocycles. The molecule has 1 saturated heterocycles. The molecule has 0 aromatic heterocycles. The van der Waals surface area contributed by atoms with Gasteiger partial charge in [0, 0.05) is 56.6 Å². The normalized spacial score (nSPS) is 14.6. The summed E-state index contributed by atoms with van der Waals surface area (Å²) in [5, 5.41) is 7.03. The molecule has 2 aromatic carbocycles. The third-order valence-electron chi connectivity index (χ3n) is 5.55. The fourth-order valence-corrected chi connectivity index (χ4v) is 3.84. The molecule has 1 fully saturated rings. The molecule has 0 aliphatic carbocycles. The lowest BCUT2D eigenvalue weighted by Gasteiger charge is -2.34. The van der Waals surface area contributed by atoms with E-state index in [0.717, 1.165) is 62.0 Å². The summed E-state index contributed by atoms with van der Waals surface area (Å²) in [6, 6.07) is 15.1. The van der Waals surface area contributed by atoms with E-state index in [0.29, 0.717) is 6.04 Å². The first-order chi connectivity index (χ1) is 14.6. The zero-order valence-electron chi connectivity index (χ0n) is 19.0. The molecular formula is C24H35IN4O2. The molecule has 0 atom stereocenters. The molecule has 7 heteroatoms. The van der Waals surface area contributed by atoms with Crippen LogP contribution in [0.5, 0.6) is 11.5 Å². The van der Waals surface area contributed by atoms with Crippen molar-refractivity contribution in [2.45, 2.75) is 32.2 Å². The number of rotatable bonds is 7. The van der Waals surface area contributed by atoms with Crippen LogP contribution < -0.4 is 25.0 Å². The van der Waals surface area contributed by atoms with Gasteiger partial charge in [0.2, 0.25) is 0 Å². The van der Waals surface area contributed by atoms with Crippen LogP contribution in [0.25, 0.3) is 0 Å². The van der Waals surface area contributed by atoms with Crippen LogP contribution in [0.4, 0.5) is 5.69 Å². The van der Waals surface area contributed by atoms with Gasteiger partial charge in [-0.25, -0.2) is 0 Å². The molecule has 1 aliphatic rings. The molecular weight excluding hydrogens is 503 g/mol. The van der Waals surface area contributed by atoms with Crippen molar-refractivity contribution in [2.24, 2.45) is 4.99 Å². The molecule has 1 heterocycles. The third kappa shape index (κ3) is 7.48. The largest absolute Gasteiger partial charge is 0.497 e. The molecule has 0 saturated carbocycles. The Hall–Kier alpha value is -2.16. The van der Waals surface area contributed by atoms with Gasteiger partial charge >= 0.3 is 0 Å². The van der Waals surface area contributed by atoms with E-state index >= 15 is 0 Å². The van der Waals surface area contributed by atoms with Gasteiger partial charge in [-0.1, -0.05) is 29.8 Å². The third-order valence-corrected chi connectivity index (χ3v) is 5.55. The van der Waals surface area contributed by atoms with Gasteiger partial charge in [0.1, 0.15) is 11.5 Å². The van der Waals surface area contributed by atoms with Crippen molar-refractivity contribution in [3.63, 3.8) is 0 Å². The number of aliphatic imine (C=N–C) groups is 1. The highest BCUT2D eigenvalue weighted by molar-refractivity contribution is 14.0. The first-order valence-electron chi connectivity index (χ1n) is 10.6. The maximum absolute atomic E-state index is 5.41. The maximum Gasteiger partial charge on any atom is 0.191 e. The molecule has 0 amide bonds. The summed E-state index contributed by atoms with van der Waals surface area (Å²) < 4.78 is 10.8. The first kappa shape index (κ1) is 25.1. The Bertz CT molecular complexity index is 829. The molecule has 6 nitrogen and oxygen atoms in total. The smallest absolute Gasteiger partial charge is 0.191 e. The highest BCUT2D eigenvalue weighted by Gasteiger charge is 2.21. The quantitative estimate of drug-likeness (QED) is 0.317. The average Bonchev–Trinajstić information content (AvgIpc) is 2.78. The van der Waals surface area contributed by atoms with E-state index in [1.807, 2.05) is 13.1 Å². The lowest BCUT2D eigenvalue weighted by molar-refractivity contribution is 0.393. The van der Waals surface area contributed by atoms with E-state index in [2.05, 4.69) is 63.8 Å². The van der Waals surface area contributed by atoms with Crippen LogP contribution in [-0.2, 0) is 6.42 Å². The standard InChI is InChI=1S/C24H34N4O2.HI/c1-18-6-5-7-19(14-18)8-11-26-24(25-2)27-20-9-12-28(13-10-20)21-15-22(29-3)17-23(16-21)30-4;/h5-7,14-17,20H,8-13H2,1-4H3,(H2,25,26,27);1H. The van der Waals surface area contributed by atoms with Crippen LogP contribution in [0, 0.1) is 6.92 Å². The van der Waals surface area contributed by atoms with Crippen LogP contribution >= 0.6 is 24.0 Å². The first-order valence-corrected chi connectivity index (χ1v) is 10.6. The predicted octanol–water partition coefficient (Wildman–Crippen LogP) is 4.01. The molecule has 0 radical (unpaired) electrons. The van der Waals surface area contributed by atoms with Crippen LogP contribution in [0.3, 0.4) is 0 Å². The second-order valence-electron chi connectivity index (χ2n) is 7.71. The van der Waals surface area contributed by atoms with Gasteiger partial charge in [-0.05, 0) is 31.7 Å². The number of anilines is 1. The Morgan fingerprint density at radius 1 is 1.06 bits per heavy atom. The average molecular weight is 538 g/mol. The summed E-state index contributed by atoms with van der Waals surface area (Å²) in [7, 11) is 5.21. The zero-order chi connectivity index (χ0) is 21.3. The number of nitrogens with zero attached hydrogens (tertiary/aromatic N) is 2. The van der Waals surface area contributed by atoms with Crippen molar-refractivity contribution in [3.8, 4) is 11.5 Å². The molecule has 2 N–H and O–H groups in total. The maximum atomic E-state index is 5.41. The summed E-state index contributed by atoms with van der Waals surface area (Å²) in [5.41, 5.74) is 3.79. The molecule has 3 rings (SSSR count). The Morgan fingerprint density at radius 3 is 2.32 bits per heavy atom. The minimum atomic E-state index is 0. The molecule has 0 bridgehead atoms. The molecule has 2 aromatic rings. The number of guanidine groups is 1. The van der Waals surface area contributed by atoms with Crippen molar-refractivity contribution in [3.05, 3.63) is 53.6 Å². The molecule has 0 spiro atoms. The summed E-state index contributed by atoms with van der Waals surface area (Å²) >= 11 is 0. The number of hydrogen-bond acceptors (Lipinski definition) is 4. The summed E-state index contributed by atoms with van der Waals surface area (Å²) in [5.74, 6) is 2.52. The van der Waals surface area contributed by atoms with Crippen LogP contribution in [0.15, 0.2) is 47.5 Å². The lowest BCUT2D eigenvalue weighted by Crippen LogP contribution is -2.49. The van der Waals surface area contributed by atoms with Gasteiger partial charge in [0.05, 0.1) is 14.2 Å². The van der Waals surface area contributed by atoms with E-state index in [-0.39, 0.29) is 24.0 Å². The number of halogens is 1. The summed E-state index contributed by atoms with van der Waals surface area (Å²) in [6.45, 7) is 4.96. The van der Waals surface area contributed by atoms with Crippen LogP contribution in [0.2, 0.25) is 0 Å². The van der Waals surface area contributed by atoms with E-state index in [1.54, 1.807) is 14.2 Å². The van der Waals surface area contributed by atoms with Crippen LogP contribution in [0.1, 0.15) is 24.0 Å².